The minimum absolute atomic E-state index is 0.134. The van der Waals surface area contributed by atoms with Gasteiger partial charge in [-0.3, -0.25) is 0 Å². The first-order chi connectivity index (χ1) is 11.0. The second-order valence-electron chi connectivity index (χ2n) is 5.66. The van der Waals surface area contributed by atoms with Crippen LogP contribution < -0.4 is 9.46 Å². The van der Waals surface area contributed by atoms with Gasteiger partial charge in [-0.15, -0.1) is 0 Å². The van der Waals surface area contributed by atoms with Gasteiger partial charge >= 0.3 is 0 Å². The molecule has 2 aromatic rings. The number of sulfonamides is 1. The number of rotatable bonds is 5. The van der Waals surface area contributed by atoms with Crippen LogP contribution in [0.2, 0.25) is 0 Å². The predicted molar refractivity (Wildman–Crippen MR) is 86.2 cm³/mol. The van der Waals surface area contributed by atoms with Crippen LogP contribution in [-0.4, -0.2) is 15.5 Å². The van der Waals surface area contributed by atoms with E-state index in [1.807, 2.05) is 0 Å². The number of methoxy groups -OCH3 is 1. The van der Waals surface area contributed by atoms with Gasteiger partial charge in [0, 0.05) is 6.04 Å². The molecule has 1 aliphatic rings. The normalized spacial score (nSPS) is 17.0. The largest absolute Gasteiger partial charge is 0.497 e. The van der Waals surface area contributed by atoms with Gasteiger partial charge < -0.3 is 4.74 Å². The van der Waals surface area contributed by atoms with Crippen molar-refractivity contribution in [2.24, 2.45) is 0 Å². The van der Waals surface area contributed by atoms with E-state index in [9.17, 15) is 12.8 Å². The molecule has 0 saturated carbocycles. The molecule has 1 atom stereocenters. The topological polar surface area (TPSA) is 55.4 Å². The molecule has 0 radical (unpaired) electrons. The quantitative estimate of drug-likeness (QED) is 0.914. The van der Waals surface area contributed by atoms with Gasteiger partial charge in [-0.05, 0) is 53.8 Å². The van der Waals surface area contributed by atoms with Crippen LogP contribution in [0.25, 0.3) is 0 Å². The van der Waals surface area contributed by atoms with E-state index in [1.54, 1.807) is 30.3 Å². The van der Waals surface area contributed by atoms with Gasteiger partial charge in [-0.2, -0.15) is 0 Å². The Bertz CT molecular complexity index is 820. The molecular weight excluding hydrogens is 317 g/mol. The summed E-state index contributed by atoms with van der Waals surface area (Å²) >= 11 is 0. The van der Waals surface area contributed by atoms with Crippen LogP contribution >= 0.6 is 0 Å². The zero-order valence-corrected chi connectivity index (χ0v) is 13.6. The summed E-state index contributed by atoms with van der Waals surface area (Å²) in [5, 5.41) is 0. The number of hydrogen-bond acceptors (Lipinski definition) is 3. The highest BCUT2D eigenvalue weighted by Gasteiger charge is 2.27. The molecule has 0 fully saturated rings. The van der Waals surface area contributed by atoms with E-state index in [0.29, 0.717) is 17.7 Å². The molecule has 0 aromatic heterocycles. The number of fused-ring (bicyclic) bond motifs is 1. The number of ether oxygens (including phenoxy) is 1. The Morgan fingerprint density at radius 1 is 1.26 bits per heavy atom. The van der Waals surface area contributed by atoms with Crippen molar-refractivity contribution in [2.75, 3.05) is 7.11 Å². The fraction of sp³-hybridized carbons (Fsp3) is 0.294. The summed E-state index contributed by atoms with van der Waals surface area (Å²) in [6.07, 6.45) is 1.40. The SMILES string of the molecule is COc1cccc(CS(=O)(=O)NC2CCc3ccc(F)cc32)c1. The predicted octanol–water partition coefficient (Wildman–Crippen LogP) is 2.94. The van der Waals surface area contributed by atoms with Crippen molar-refractivity contribution in [1.82, 2.24) is 4.72 Å². The van der Waals surface area contributed by atoms with E-state index in [1.165, 1.54) is 19.2 Å². The summed E-state index contributed by atoms with van der Waals surface area (Å²) in [5.74, 6) is 0.138. The third-order valence-electron chi connectivity index (χ3n) is 4.00. The second-order valence-corrected chi connectivity index (χ2v) is 7.42. The molecule has 122 valence electrons. The van der Waals surface area contributed by atoms with Gasteiger partial charge in [-0.1, -0.05) is 18.2 Å². The maximum atomic E-state index is 13.4. The van der Waals surface area contributed by atoms with Gasteiger partial charge in [0.05, 0.1) is 12.9 Å². The second kappa shape index (κ2) is 6.29. The molecule has 0 bridgehead atoms. The average Bonchev–Trinajstić information content (AvgIpc) is 2.88. The van der Waals surface area contributed by atoms with Crippen LogP contribution in [-0.2, 0) is 22.2 Å². The van der Waals surface area contributed by atoms with Crippen LogP contribution in [0.1, 0.15) is 29.2 Å². The summed E-state index contributed by atoms with van der Waals surface area (Å²) in [6.45, 7) is 0. The maximum absolute atomic E-state index is 13.4. The lowest BCUT2D eigenvalue weighted by atomic mass is 10.1. The monoisotopic (exact) mass is 335 g/mol. The lowest BCUT2D eigenvalue weighted by Crippen LogP contribution is -2.28. The number of benzene rings is 2. The van der Waals surface area contributed by atoms with Crippen molar-refractivity contribution in [3.8, 4) is 5.75 Å². The van der Waals surface area contributed by atoms with Gasteiger partial charge in [-0.25, -0.2) is 17.5 Å². The molecule has 0 saturated heterocycles. The van der Waals surface area contributed by atoms with Gasteiger partial charge in [0.25, 0.3) is 0 Å². The Morgan fingerprint density at radius 2 is 2.09 bits per heavy atom. The molecule has 0 spiro atoms. The molecule has 2 aromatic carbocycles. The van der Waals surface area contributed by atoms with Crippen molar-refractivity contribution in [1.29, 1.82) is 0 Å². The lowest BCUT2D eigenvalue weighted by Gasteiger charge is -2.15. The molecule has 1 aliphatic carbocycles. The minimum atomic E-state index is -3.53. The van der Waals surface area contributed by atoms with Crippen LogP contribution in [0.15, 0.2) is 42.5 Å². The lowest BCUT2D eigenvalue weighted by molar-refractivity contribution is 0.414. The van der Waals surface area contributed by atoms with E-state index in [2.05, 4.69) is 4.72 Å². The molecule has 4 nitrogen and oxygen atoms in total. The Balaban J connectivity index is 1.76. The Kier molecular flexibility index (Phi) is 4.37. The average molecular weight is 335 g/mol. The molecule has 1 N–H and O–H groups in total. The maximum Gasteiger partial charge on any atom is 0.216 e. The molecular formula is C17H18FNO3S. The summed E-state index contributed by atoms with van der Waals surface area (Å²) in [6, 6.07) is 11.1. The zero-order chi connectivity index (χ0) is 16.4. The van der Waals surface area contributed by atoms with Crippen molar-refractivity contribution in [3.05, 3.63) is 65.0 Å². The standard InChI is InChI=1S/C17H18FNO3S/c1-22-15-4-2-3-12(9-15)11-23(20,21)19-17-8-6-13-5-7-14(18)10-16(13)17/h2-5,7,9-10,17,19H,6,8,11H2,1H3. The summed E-state index contributed by atoms with van der Waals surface area (Å²) < 4.78 is 46.0. The third kappa shape index (κ3) is 3.71. The van der Waals surface area contributed by atoms with Crippen LogP contribution in [0.5, 0.6) is 5.75 Å². The van der Waals surface area contributed by atoms with E-state index in [0.717, 1.165) is 17.5 Å². The molecule has 6 heteroatoms. The van der Waals surface area contributed by atoms with Gasteiger partial charge in [0.2, 0.25) is 10.0 Å². The molecule has 3 rings (SSSR count). The number of aryl methyl sites for hydroxylation is 1. The summed E-state index contributed by atoms with van der Waals surface area (Å²) in [7, 11) is -1.99. The highest BCUT2D eigenvalue weighted by molar-refractivity contribution is 7.88. The molecule has 0 aliphatic heterocycles. The van der Waals surface area contributed by atoms with Crippen molar-refractivity contribution >= 4 is 10.0 Å². The van der Waals surface area contributed by atoms with E-state index < -0.39 is 10.0 Å². The first-order valence-corrected chi connectivity index (χ1v) is 9.03. The molecule has 1 unspecified atom stereocenters. The zero-order valence-electron chi connectivity index (χ0n) is 12.8. The number of halogens is 1. The Hall–Kier alpha value is -1.92. The fourth-order valence-corrected chi connectivity index (χ4v) is 4.32. The summed E-state index contributed by atoms with van der Waals surface area (Å²) in [5.41, 5.74) is 2.38. The van der Waals surface area contributed by atoms with Crippen molar-refractivity contribution in [2.45, 2.75) is 24.6 Å². The highest BCUT2D eigenvalue weighted by Crippen LogP contribution is 2.32. The van der Waals surface area contributed by atoms with Gasteiger partial charge in [0.15, 0.2) is 0 Å². The Morgan fingerprint density at radius 3 is 2.87 bits per heavy atom. The highest BCUT2D eigenvalue weighted by atomic mass is 32.2. The molecule has 0 heterocycles. The molecule has 0 amide bonds. The van der Waals surface area contributed by atoms with Crippen molar-refractivity contribution in [3.63, 3.8) is 0 Å². The minimum Gasteiger partial charge on any atom is -0.497 e. The smallest absolute Gasteiger partial charge is 0.216 e. The summed E-state index contributed by atoms with van der Waals surface area (Å²) in [4.78, 5) is 0. The van der Waals surface area contributed by atoms with Gasteiger partial charge in [0.1, 0.15) is 11.6 Å². The Labute approximate surface area is 135 Å². The fourth-order valence-electron chi connectivity index (χ4n) is 2.94. The van der Waals surface area contributed by atoms with Crippen molar-refractivity contribution < 1.29 is 17.5 Å². The van der Waals surface area contributed by atoms with Crippen LogP contribution in [0.4, 0.5) is 4.39 Å². The van der Waals surface area contributed by atoms with E-state index >= 15 is 0 Å². The third-order valence-corrected chi connectivity index (χ3v) is 5.36. The number of nitrogens with one attached hydrogen (secondary N) is 1. The number of hydrogen-bond donors (Lipinski definition) is 1. The molecule has 23 heavy (non-hydrogen) atoms. The first-order valence-electron chi connectivity index (χ1n) is 7.38. The van der Waals surface area contributed by atoms with Crippen LogP contribution in [0, 0.1) is 5.82 Å². The first kappa shape index (κ1) is 16.0. The van der Waals surface area contributed by atoms with Crippen LogP contribution in [0.3, 0.4) is 0 Å². The van der Waals surface area contributed by atoms with E-state index in [4.69, 9.17) is 4.74 Å². The van der Waals surface area contributed by atoms with E-state index in [-0.39, 0.29) is 17.6 Å².